The molecular weight excluding hydrogens is 236 g/mol. The lowest BCUT2D eigenvalue weighted by Crippen LogP contribution is -2.43. The van der Waals surface area contributed by atoms with Gasteiger partial charge in [-0.1, -0.05) is 18.2 Å². The first kappa shape index (κ1) is 14.0. The number of piperidine rings is 1. The van der Waals surface area contributed by atoms with Gasteiger partial charge < -0.3 is 10.2 Å². The number of hydrogen-bond acceptors (Lipinski definition) is 2. The second-order valence-electron chi connectivity index (χ2n) is 4.22. The molecule has 1 amide bonds. The zero-order chi connectivity index (χ0) is 11.4. The fourth-order valence-corrected chi connectivity index (χ4v) is 2.13. The number of benzene rings is 1. The molecule has 0 saturated carbocycles. The molecule has 1 aromatic carbocycles. The van der Waals surface area contributed by atoms with Crippen molar-refractivity contribution in [2.75, 3.05) is 20.1 Å². The first-order chi connectivity index (χ1) is 7.81. The molecule has 1 aliphatic rings. The van der Waals surface area contributed by atoms with E-state index in [9.17, 15) is 4.79 Å². The van der Waals surface area contributed by atoms with Gasteiger partial charge >= 0.3 is 0 Å². The number of hydrogen-bond donors (Lipinski definition) is 1. The Labute approximate surface area is 109 Å². The van der Waals surface area contributed by atoms with Crippen molar-refractivity contribution in [1.82, 2.24) is 10.2 Å². The number of nitrogens with zero attached hydrogens (tertiary/aromatic N) is 1. The number of amides is 1. The molecule has 17 heavy (non-hydrogen) atoms. The van der Waals surface area contributed by atoms with Gasteiger partial charge in [0.05, 0.1) is 0 Å². The van der Waals surface area contributed by atoms with Crippen LogP contribution in [0.25, 0.3) is 0 Å². The van der Waals surface area contributed by atoms with E-state index >= 15 is 0 Å². The number of carbonyl (C=O) groups excluding carboxylic acids is 1. The van der Waals surface area contributed by atoms with E-state index in [1.165, 1.54) is 0 Å². The lowest BCUT2D eigenvalue weighted by atomic mass is 10.0. The minimum absolute atomic E-state index is 0. The summed E-state index contributed by atoms with van der Waals surface area (Å²) >= 11 is 0. The normalized spacial score (nSPS) is 16.4. The lowest BCUT2D eigenvalue weighted by Gasteiger charge is -2.31. The zero-order valence-electron chi connectivity index (χ0n) is 10.1. The highest BCUT2D eigenvalue weighted by Gasteiger charge is 2.22. The highest BCUT2D eigenvalue weighted by Crippen LogP contribution is 2.13. The van der Waals surface area contributed by atoms with E-state index in [4.69, 9.17) is 0 Å². The monoisotopic (exact) mass is 254 g/mol. The Bertz CT molecular complexity index is 348. The lowest BCUT2D eigenvalue weighted by molar-refractivity contribution is 0.0707. The summed E-state index contributed by atoms with van der Waals surface area (Å²) in [6, 6.07) is 10.1. The van der Waals surface area contributed by atoms with Gasteiger partial charge in [0.1, 0.15) is 0 Å². The largest absolute Gasteiger partial charge is 0.339 e. The minimum atomic E-state index is 0. The number of likely N-dealkylation sites (tertiary alicyclic amines) is 1. The van der Waals surface area contributed by atoms with Crippen LogP contribution in [0.2, 0.25) is 0 Å². The van der Waals surface area contributed by atoms with Gasteiger partial charge in [0.15, 0.2) is 0 Å². The van der Waals surface area contributed by atoms with Gasteiger partial charge in [0.25, 0.3) is 5.91 Å². The summed E-state index contributed by atoms with van der Waals surface area (Å²) in [5.74, 6) is 0.162. The van der Waals surface area contributed by atoms with Crippen LogP contribution in [-0.4, -0.2) is 37.0 Å². The fraction of sp³-hybridized carbons (Fsp3) is 0.462. The van der Waals surface area contributed by atoms with Crippen LogP contribution in [0.15, 0.2) is 30.3 Å². The van der Waals surface area contributed by atoms with Crippen LogP contribution in [0.1, 0.15) is 23.2 Å². The third-order valence-corrected chi connectivity index (χ3v) is 3.21. The fourth-order valence-electron chi connectivity index (χ4n) is 2.13. The third kappa shape index (κ3) is 3.45. The zero-order valence-corrected chi connectivity index (χ0v) is 10.9. The maximum atomic E-state index is 12.1. The number of halogens is 1. The summed E-state index contributed by atoms with van der Waals surface area (Å²) in [4.78, 5) is 14.0. The Morgan fingerprint density at radius 3 is 2.35 bits per heavy atom. The van der Waals surface area contributed by atoms with Gasteiger partial charge in [-0.05, 0) is 32.0 Å². The van der Waals surface area contributed by atoms with Gasteiger partial charge in [-0.3, -0.25) is 4.79 Å². The average Bonchev–Trinajstić information content (AvgIpc) is 2.39. The second-order valence-corrected chi connectivity index (χ2v) is 4.22. The van der Waals surface area contributed by atoms with Crippen LogP contribution in [0.3, 0.4) is 0 Å². The van der Waals surface area contributed by atoms with Crippen molar-refractivity contribution in [2.45, 2.75) is 18.9 Å². The van der Waals surface area contributed by atoms with Crippen molar-refractivity contribution in [1.29, 1.82) is 0 Å². The van der Waals surface area contributed by atoms with Crippen molar-refractivity contribution >= 4 is 18.3 Å². The third-order valence-electron chi connectivity index (χ3n) is 3.21. The van der Waals surface area contributed by atoms with E-state index in [1.54, 1.807) is 0 Å². The molecule has 1 fully saturated rings. The summed E-state index contributed by atoms with van der Waals surface area (Å²) < 4.78 is 0. The molecule has 1 saturated heterocycles. The van der Waals surface area contributed by atoms with Crippen LogP contribution < -0.4 is 5.32 Å². The van der Waals surface area contributed by atoms with E-state index in [1.807, 2.05) is 42.3 Å². The van der Waals surface area contributed by atoms with Gasteiger partial charge in [-0.25, -0.2) is 0 Å². The molecule has 4 heteroatoms. The standard InChI is InChI=1S/C13H18N2O.ClH/c1-14-12-7-9-15(10-8-12)13(16)11-5-3-2-4-6-11;/h2-6,12,14H,7-10H2,1H3;1H. The van der Waals surface area contributed by atoms with Crippen LogP contribution in [0.5, 0.6) is 0 Å². The summed E-state index contributed by atoms with van der Waals surface area (Å²) in [5, 5.41) is 3.27. The molecule has 0 spiro atoms. The van der Waals surface area contributed by atoms with Crippen molar-refractivity contribution in [3.05, 3.63) is 35.9 Å². The number of nitrogens with one attached hydrogen (secondary N) is 1. The van der Waals surface area contributed by atoms with Gasteiger partial charge in [-0.2, -0.15) is 0 Å². The molecule has 3 nitrogen and oxygen atoms in total. The molecule has 1 aliphatic heterocycles. The van der Waals surface area contributed by atoms with E-state index in [-0.39, 0.29) is 18.3 Å². The number of rotatable bonds is 2. The van der Waals surface area contributed by atoms with Crippen LogP contribution in [0, 0.1) is 0 Å². The summed E-state index contributed by atoms with van der Waals surface area (Å²) in [7, 11) is 1.99. The smallest absolute Gasteiger partial charge is 0.253 e. The summed E-state index contributed by atoms with van der Waals surface area (Å²) in [5.41, 5.74) is 0.797. The predicted molar refractivity (Wildman–Crippen MR) is 71.7 cm³/mol. The number of carbonyl (C=O) groups is 1. The predicted octanol–water partition coefficient (Wildman–Crippen LogP) is 1.93. The molecular formula is C13H19ClN2O. The van der Waals surface area contributed by atoms with Crippen molar-refractivity contribution in [2.24, 2.45) is 0 Å². The molecule has 94 valence electrons. The van der Waals surface area contributed by atoms with E-state index in [2.05, 4.69) is 5.32 Å². The first-order valence-electron chi connectivity index (χ1n) is 5.83. The Morgan fingerprint density at radius 2 is 1.82 bits per heavy atom. The van der Waals surface area contributed by atoms with E-state index < -0.39 is 0 Å². The first-order valence-corrected chi connectivity index (χ1v) is 5.83. The van der Waals surface area contributed by atoms with Gasteiger partial charge in [0.2, 0.25) is 0 Å². The Balaban J connectivity index is 0.00000144. The molecule has 2 rings (SSSR count). The molecule has 1 heterocycles. The Kier molecular flexibility index (Phi) is 5.45. The van der Waals surface area contributed by atoms with E-state index in [0.717, 1.165) is 31.5 Å². The maximum absolute atomic E-state index is 12.1. The molecule has 0 aliphatic carbocycles. The Hall–Kier alpha value is -1.06. The van der Waals surface area contributed by atoms with Crippen LogP contribution >= 0.6 is 12.4 Å². The second kappa shape index (κ2) is 6.62. The minimum Gasteiger partial charge on any atom is -0.339 e. The molecule has 0 unspecified atom stereocenters. The van der Waals surface area contributed by atoms with E-state index in [0.29, 0.717) is 6.04 Å². The average molecular weight is 255 g/mol. The summed E-state index contributed by atoms with van der Waals surface area (Å²) in [6.07, 6.45) is 2.10. The topological polar surface area (TPSA) is 32.3 Å². The molecule has 0 atom stereocenters. The Morgan fingerprint density at radius 1 is 1.24 bits per heavy atom. The van der Waals surface area contributed by atoms with Crippen molar-refractivity contribution in [3.63, 3.8) is 0 Å². The van der Waals surface area contributed by atoms with Crippen LogP contribution in [0.4, 0.5) is 0 Å². The van der Waals surface area contributed by atoms with Crippen molar-refractivity contribution < 1.29 is 4.79 Å². The molecule has 1 N–H and O–H groups in total. The van der Waals surface area contributed by atoms with Crippen LogP contribution in [-0.2, 0) is 0 Å². The van der Waals surface area contributed by atoms with Gasteiger partial charge in [-0.15, -0.1) is 12.4 Å². The summed E-state index contributed by atoms with van der Waals surface area (Å²) in [6.45, 7) is 1.72. The van der Waals surface area contributed by atoms with Gasteiger partial charge in [0, 0.05) is 24.7 Å². The SMILES string of the molecule is CNC1CCN(C(=O)c2ccccc2)CC1.Cl. The molecule has 1 aromatic rings. The molecule has 0 aromatic heterocycles. The quantitative estimate of drug-likeness (QED) is 0.875. The highest BCUT2D eigenvalue weighted by molar-refractivity contribution is 5.94. The van der Waals surface area contributed by atoms with Crippen molar-refractivity contribution in [3.8, 4) is 0 Å². The molecule has 0 bridgehead atoms. The maximum Gasteiger partial charge on any atom is 0.253 e. The molecule has 0 radical (unpaired) electrons. The highest BCUT2D eigenvalue weighted by atomic mass is 35.5.